The Kier molecular flexibility index (Phi) is 8.86. The Morgan fingerprint density at radius 2 is 1.88 bits per heavy atom. The van der Waals surface area contributed by atoms with Crippen molar-refractivity contribution < 1.29 is 21.9 Å². The number of allylic oxidation sites excluding steroid dienone is 1. The van der Waals surface area contributed by atoms with Crippen LogP contribution in [0, 0.1) is 23.0 Å². The van der Waals surface area contributed by atoms with E-state index >= 15 is 0 Å². The smallest absolute Gasteiger partial charge is 0.205 e. The first-order chi connectivity index (χ1) is 20.0. The Hall–Kier alpha value is -3.48. The average Bonchev–Trinajstić information content (AvgIpc) is 3.38. The molecule has 0 amide bonds. The maximum absolute atomic E-state index is 14.9. The molecule has 1 saturated heterocycles. The molecule has 0 unspecified atom stereocenters. The van der Waals surface area contributed by atoms with Crippen molar-refractivity contribution in [3.8, 4) is 0 Å². The Balaban J connectivity index is 1.27. The summed E-state index contributed by atoms with van der Waals surface area (Å²) in [6, 6.07) is 4.07. The van der Waals surface area contributed by atoms with Crippen molar-refractivity contribution in [2.45, 2.75) is 55.7 Å². The Bertz CT molecular complexity index is 1550. The lowest BCUT2D eigenvalue weighted by Crippen LogP contribution is -2.48. The summed E-state index contributed by atoms with van der Waals surface area (Å²) in [5, 5.41) is 11.0. The molecule has 5 rings (SSSR count). The Morgan fingerprint density at radius 1 is 1.17 bits per heavy atom. The fraction of sp³-hybridized carbons (Fsp3) is 0.433. The van der Waals surface area contributed by atoms with E-state index in [-0.39, 0.29) is 29.0 Å². The summed E-state index contributed by atoms with van der Waals surface area (Å²) in [6.07, 6.45) is 11.6. The minimum absolute atomic E-state index is 0.0379. The van der Waals surface area contributed by atoms with E-state index in [1.165, 1.54) is 30.5 Å². The van der Waals surface area contributed by atoms with E-state index in [2.05, 4.69) is 20.3 Å². The molecule has 0 bridgehead atoms. The minimum Gasteiger partial charge on any atom is -0.381 e. The van der Waals surface area contributed by atoms with Crippen LogP contribution in [0.1, 0.15) is 66.8 Å². The van der Waals surface area contributed by atoms with Crippen molar-refractivity contribution in [1.82, 2.24) is 15.0 Å². The number of aromatic nitrogens is 3. The first-order valence-electron chi connectivity index (χ1n) is 14.0. The molecule has 9 nitrogen and oxygen atoms in total. The van der Waals surface area contributed by atoms with E-state index in [4.69, 9.17) is 15.9 Å². The molecular formula is C30H36F2N6O3S. The Morgan fingerprint density at radius 3 is 2.55 bits per heavy atom. The molecule has 3 heterocycles. The molecular weight excluding hydrogens is 562 g/mol. The van der Waals surface area contributed by atoms with Crippen LogP contribution in [0.25, 0.3) is 6.08 Å². The van der Waals surface area contributed by atoms with Gasteiger partial charge in [-0.2, -0.15) is 0 Å². The largest absolute Gasteiger partial charge is 0.381 e. The molecule has 5 N–H and O–H groups in total. The number of H-pyrrole nitrogens is 1. The summed E-state index contributed by atoms with van der Waals surface area (Å²) < 4.78 is 59.7. The summed E-state index contributed by atoms with van der Waals surface area (Å²) in [4.78, 5) is 11.7. The van der Waals surface area contributed by atoms with Gasteiger partial charge in [-0.25, -0.2) is 22.2 Å². The fourth-order valence-corrected chi connectivity index (χ4v) is 8.11. The lowest BCUT2D eigenvalue weighted by atomic mass is 9.76. The summed E-state index contributed by atoms with van der Waals surface area (Å²) in [5.41, 5.74) is 8.46. The first kappa shape index (κ1) is 30.0. The van der Waals surface area contributed by atoms with Gasteiger partial charge in [-0.3, -0.25) is 4.98 Å². The summed E-state index contributed by atoms with van der Waals surface area (Å²) in [7, 11) is -3.26. The van der Waals surface area contributed by atoms with Crippen molar-refractivity contribution in [2.75, 3.05) is 24.8 Å². The van der Waals surface area contributed by atoms with Gasteiger partial charge in [-0.1, -0.05) is 6.92 Å². The highest BCUT2D eigenvalue weighted by Crippen LogP contribution is 2.41. The standard InChI is InChI=1S/C30H36F2N6O3S/c1-17-11-20(14-26(34)29(17)42(2,39)40)22-5-8-35-16-27(22)38-30-36-15-21(37-30)3-4-25(33)28-23(31)12-19(13-24(28)32)18-6-9-41-10-7-18/h3-5,8,12-13,15-18,20,26,29,33H,6-7,9-11,14,34H2,1-2H3,(H2,36,37,38)/b4-3-,33-25?/t17-,20+,26+,29-/m0/s1. The van der Waals surface area contributed by atoms with Crippen LogP contribution >= 0.6 is 0 Å². The van der Waals surface area contributed by atoms with Gasteiger partial charge >= 0.3 is 0 Å². The molecule has 12 heteroatoms. The number of rotatable bonds is 8. The van der Waals surface area contributed by atoms with Gasteiger partial charge in [0.2, 0.25) is 5.95 Å². The second-order valence-corrected chi connectivity index (χ2v) is 13.6. The number of anilines is 2. The molecule has 224 valence electrons. The lowest BCUT2D eigenvalue weighted by Gasteiger charge is -2.38. The number of sulfone groups is 1. The van der Waals surface area contributed by atoms with Crippen molar-refractivity contribution in [2.24, 2.45) is 11.7 Å². The summed E-state index contributed by atoms with van der Waals surface area (Å²) in [5.74, 6) is -1.13. The van der Waals surface area contributed by atoms with Crippen LogP contribution in [0.2, 0.25) is 0 Å². The molecule has 2 aromatic heterocycles. The molecule has 0 spiro atoms. The van der Waals surface area contributed by atoms with Crippen molar-refractivity contribution in [1.29, 1.82) is 5.41 Å². The molecule has 2 aliphatic rings. The molecule has 42 heavy (non-hydrogen) atoms. The number of pyridine rings is 1. The zero-order valence-electron chi connectivity index (χ0n) is 23.6. The van der Waals surface area contributed by atoms with Gasteiger partial charge in [0.05, 0.1) is 40.3 Å². The van der Waals surface area contributed by atoms with Gasteiger partial charge in [0.15, 0.2) is 9.84 Å². The zero-order valence-corrected chi connectivity index (χ0v) is 24.4. The van der Waals surface area contributed by atoms with Gasteiger partial charge in [0.1, 0.15) is 11.6 Å². The van der Waals surface area contributed by atoms with E-state index in [0.717, 1.165) is 5.56 Å². The fourth-order valence-electron chi connectivity index (χ4n) is 6.41. The highest BCUT2D eigenvalue weighted by molar-refractivity contribution is 7.91. The normalized spacial score (nSPS) is 23.7. The highest BCUT2D eigenvalue weighted by Gasteiger charge is 2.40. The van der Waals surface area contributed by atoms with Crippen molar-refractivity contribution in [3.05, 3.63) is 76.9 Å². The molecule has 1 aliphatic carbocycles. The second-order valence-electron chi connectivity index (χ2n) is 11.4. The maximum Gasteiger partial charge on any atom is 0.205 e. The second kappa shape index (κ2) is 12.4. The van der Waals surface area contributed by atoms with Crippen LogP contribution < -0.4 is 11.1 Å². The zero-order chi connectivity index (χ0) is 30.0. The van der Waals surface area contributed by atoms with Crippen LogP contribution in [-0.2, 0) is 14.6 Å². The molecule has 1 aliphatic heterocycles. The third-order valence-corrected chi connectivity index (χ3v) is 10.1. The molecule has 4 atom stereocenters. The number of nitrogens with one attached hydrogen (secondary N) is 3. The molecule has 2 fully saturated rings. The Labute approximate surface area is 244 Å². The molecule has 1 aromatic carbocycles. The van der Waals surface area contributed by atoms with Crippen molar-refractivity contribution >= 4 is 33.3 Å². The van der Waals surface area contributed by atoms with Crippen LogP contribution in [0.15, 0.2) is 42.9 Å². The number of aromatic amines is 1. The van der Waals surface area contributed by atoms with Crippen LogP contribution in [0.3, 0.4) is 0 Å². The minimum atomic E-state index is -3.26. The average molecular weight is 599 g/mol. The molecule has 3 aromatic rings. The van der Waals surface area contributed by atoms with Gasteiger partial charge in [0.25, 0.3) is 0 Å². The highest BCUT2D eigenvalue weighted by atomic mass is 32.2. The lowest BCUT2D eigenvalue weighted by molar-refractivity contribution is 0.0852. The predicted molar refractivity (Wildman–Crippen MR) is 159 cm³/mol. The number of hydrogen-bond donors (Lipinski definition) is 4. The third-order valence-electron chi connectivity index (χ3n) is 8.29. The monoisotopic (exact) mass is 598 g/mol. The molecule has 0 radical (unpaired) electrons. The van der Waals surface area contributed by atoms with Gasteiger partial charge < -0.3 is 26.2 Å². The van der Waals surface area contributed by atoms with Gasteiger partial charge in [0, 0.05) is 31.7 Å². The van der Waals surface area contributed by atoms with Crippen molar-refractivity contribution in [3.63, 3.8) is 0 Å². The summed E-state index contributed by atoms with van der Waals surface area (Å²) in [6.45, 7) is 3.06. The number of nitrogens with zero attached hydrogens (tertiary/aromatic N) is 2. The van der Waals surface area contributed by atoms with Gasteiger partial charge in [-0.15, -0.1) is 0 Å². The van der Waals surface area contributed by atoms with Crippen LogP contribution in [0.5, 0.6) is 0 Å². The number of ether oxygens (including phenoxy) is 1. The van der Waals surface area contributed by atoms with E-state index in [0.29, 0.717) is 61.8 Å². The topological polar surface area (TPSA) is 147 Å². The number of hydrogen-bond acceptors (Lipinski definition) is 8. The van der Waals surface area contributed by atoms with E-state index in [9.17, 15) is 17.2 Å². The third kappa shape index (κ3) is 6.61. The quantitative estimate of drug-likeness (QED) is 0.265. The van der Waals surface area contributed by atoms with E-state index in [1.807, 2.05) is 13.0 Å². The number of imidazole rings is 1. The predicted octanol–water partition coefficient (Wildman–Crippen LogP) is 5.06. The number of halogens is 2. The number of nitrogens with two attached hydrogens (primary N) is 1. The molecule has 1 saturated carbocycles. The van der Waals surface area contributed by atoms with E-state index < -0.39 is 32.8 Å². The number of benzene rings is 1. The van der Waals surface area contributed by atoms with Crippen LogP contribution in [-0.4, -0.2) is 59.8 Å². The van der Waals surface area contributed by atoms with Crippen LogP contribution in [0.4, 0.5) is 20.4 Å². The summed E-state index contributed by atoms with van der Waals surface area (Å²) >= 11 is 0. The van der Waals surface area contributed by atoms with Gasteiger partial charge in [-0.05, 0) is 84.9 Å². The van der Waals surface area contributed by atoms with E-state index in [1.54, 1.807) is 18.6 Å². The maximum atomic E-state index is 14.9. The first-order valence-corrected chi connectivity index (χ1v) is 16.0. The SMILES string of the molecule is C[C@H]1C[C@@H](c2ccncc2Nc2ncc(/C=C\C(=N)c3c(F)cc(C4CCOCC4)cc3F)[nH]2)C[C@@H](N)[C@H]1S(C)(=O)=O.